The summed E-state index contributed by atoms with van der Waals surface area (Å²) in [5.41, 5.74) is -0.319. The summed E-state index contributed by atoms with van der Waals surface area (Å²) in [5, 5.41) is 10.6. The van der Waals surface area contributed by atoms with Gasteiger partial charge in [-0.2, -0.15) is 0 Å². The topological polar surface area (TPSA) is 82.2 Å². The van der Waals surface area contributed by atoms with E-state index < -0.39 is 11.0 Å². The van der Waals surface area contributed by atoms with Gasteiger partial charge in [0, 0.05) is 11.6 Å². The minimum Gasteiger partial charge on any atom is -0.298 e. The number of nitrogens with zero attached hydrogens (tertiary/aromatic N) is 2. The number of carbonyl (C=O) groups is 1. The van der Waals surface area contributed by atoms with E-state index in [1.54, 1.807) is 0 Å². The zero-order valence-corrected chi connectivity index (χ0v) is 9.26. The van der Waals surface area contributed by atoms with Gasteiger partial charge >= 0.3 is 0 Å². The number of ketones is 1. The van der Waals surface area contributed by atoms with Crippen LogP contribution < -0.4 is 5.56 Å². The Morgan fingerprint density at radius 1 is 1.56 bits per heavy atom. The molecule has 6 heteroatoms. The Kier molecular flexibility index (Phi) is 3.22. The van der Waals surface area contributed by atoms with Crippen molar-refractivity contribution in [3.63, 3.8) is 0 Å². The summed E-state index contributed by atoms with van der Waals surface area (Å²) in [5.74, 6) is -0.220. The van der Waals surface area contributed by atoms with Crippen LogP contribution in [0.5, 0.6) is 0 Å². The number of rotatable bonds is 3. The van der Waals surface area contributed by atoms with Crippen molar-refractivity contribution in [2.24, 2.45) is 0 Å². The van der Waals surface area contributed by atoms with Crippen LogP contribution >= 0.6 is 0 Å². The highest BCUT2D eigenvalue weighted by Crippen LogP contribution is 2.13. The van der Waals surface area contributed by atoms with Crippen molar-refractivity contribution in [1.29, 1.82) is 0 Å². The monoisotopic (exact) mass is 224 g/mol. The molecule has 0 amide bonds. The van der Waals surface area contributed by atoms with Crippen molar-refractivity contribution in [2.75, 3.05) is 0 Å². The number of hydrogen-bond acceptors (Lipinski definition) is 4. The number of aryl methyl sites for hydroxylation is 1. The highest BCUT2D eigenvalue weighted by molar-refractivity contribution is 5.79. The molecule has 1 heterocycles. The van der Waals surface area contributed by atoms with Crippen molar-refractivity contribution in [2.45, 2.75) is 26.8 Å². The molecule has 0 fully saturated rings. The standard InChI is InChI=1S/C10H12N2O4/c1-6-4-9(12(15)16)5-11(10(6)14)7(2)8(3)13/h4-5,7H,1-3H3. The Morgan fingerprint density at radius 2 is 2.12 bits per heavy atom. The van der Waals surface area contributed by atoms with E-state index in [0.29, 0.717) is 0 Å². The molecule has 0 N–H and O–H groups in total. The van der Waals surface area contributed by atoms with E-state index in [0.717, 1.165) is 10.8 Å². The normalized spacial score (nSPS) is 12.2. The van der Waals surface area contributed by atoms with E-state index in [2.05, 4.69) is 0 Å². The van der Waals surface area contributed by atoms with Gasteiger partial charge in [0.1, 0.15) is 0 Å². The van der Waals surface area contributed by atoms with Crippen molar-refractivity contribution in [3.8, 4) is 0 Å². The van der Waals surface area contributed by atoms with Crippen LogP contribution in [-0.4, -0.2) is 15.3 Å². The first-order chi connectivity index (χ1) is 7.34. The van der Waals surface area contributed by atoms with Crippen LogP contribution in [0.2, 0.25) is 0 Å². The molecule has 0 aliphatic rings. The van der Waals surface area contributed by atoms with Crippen LogP contribution in [0.4, 0.5) is 5.69 Å². The maximum absolute atomic E-state index is 11.7. The first kappa shape index (κ1) is 12.1. The molecule has 16 heavy (non-hydrogen) atoms. The number of hydrogen-bond donors (Lipinski definition) is 0. The van der Waals surface area contributed by atoms with Gasteiger partial charge in [0.25, 0.3) is 11.2 Å². The number of nitro groups is 1. The van der Waals surface area contributed by atoms with Crippen molar-refractivity contribution >= 4 is 11.5 Å². The molecule has 0 spiro atoms. The fourth-order valence-electron chi connectivity index (χ4n) is 1.31. The van der Waals surface area contributed by atoms with E-state index in [1.165, 1.54) is 26.8 Å². The Bertz CT molecular complexity index is 504. The summed E-state index contributed by atoms with van der Waals surface area (Å²) < 4.78 is 1.09. The highest BCUT2D eigenvalue weighted by Gasteiger charge is 2.17. The first-order valence-corrected chi connectivity index (χ1v) is 4.72. The first-order valence-electron chi connectivity index (χ1n) is 4.72. The van der Waals surface area contributed by atoms with E-state index in [-0.39, 0.29) is 22.6 Å². The molecule has 1 atom stereocenters. The maximum Gasteiger partial charge on any atom is 0.286 e. The average molecular weight is 224 g/mol. The number of Topliss-reactive ketones (excluding diaryl/α,β-unsaturated/α-hetero) is 1. The summed E-state index contributed by atoms with van der Waals surface area (Å²) in [4.78, 5) is 32.9. The molecule has 1 unspecified atom stereocenters. The zero-order chi connectivity index (χ0) is 12.5. The van der Waals surface area contributed by atoms with Gasteiger partial charge in [-0.25, -0.2) is 0 Å². The Balaban J connectivity index is 3.44. The van der Waals surface area contributed by atoms with Gasteiger partial charge in [-0.3, -0.25) is 24.3 Å². The van der Waals surface area contributed by atoms with Crippen molar-refractivity contribution in [3.05, 3.63) is 38.3 Å². The second-order valence-corrected chi connectivity index (χ2v) is 3.64. The summed E-state index contributed by atoms with van der Waals surface area (Å²) in [6.07, 6.45) is 1.10. The largest absolute Gasteiger partial charge is 0.298 e. The van der Waals surface area contributed by atoms with E-state index in [9.17, 15) is 19.7 Å². The maximum atomic E-state index is 11.7. The van der Waals surface area contributed by atoms with Crippen LogP contribution in [0.1, 0.15) is 25.5 Å². The number of aromatic nitrogens is 1. The average Bonchev–Trinajstić information content (AvgIpc) is 2.20. The quantitative estimate of drug-likeness (QED) is 0.570. The third kappa shape index (κ3) is 2.16. The highest BCUT2D eigenvalue weighted by atomic mass is 16.6. The molecular formula is C10H12N2O4. The van der Waals surface area contributed by atoms with Gasteiger partial charge in [-0.15, -0.1) is 0 Å². The van der Waals surface area contributed by atoms with Gasteiger partial charge in [-0.1, -0.05) is 0 Å². The minimum absolute atomic E-state index is 0.190. The van der Waals surface area contributed by atoms with Crippen LogP contribution in [0, 0.1) is 17.0 Å². The smallest absolute Gasteiger partial charge is 0.286 e. The Labute approximate surface area is 91.7 Å². The fourth-order valence-corrected chi connectivity index (χ4v) is 1.31. The number of pyridine rings is 1. The second-order valence-electron chi connectivity index (χ2n) is 3.64. The summed E-state index contributed by atoms with van der Waals surface area (Å²) >= 11 is 0. The molecule has 1 rings (SSSR count). The molecule has 1 aromatic rings. The van der Waals surface area contributed by atoms with E-state index >= 15 is 0 Å². The molecule has 1 aromatic heterocycles. The Morgan fingerprint density at radius 3 is 2.56 bits per heavy atom. The van der Waals surface area contributed by atoms with Gasteiger partial charge in [0.05, 0.1) is 17.2 Å². The lowest BCUT2D eigenvalue weighted by Crippen LogP contribution is -2.28. The third-order valence-electron chi connectivity index (χ3n) is 2.42. The minimum atomic E-state index is -0.689. The van der Waals surface area contributed by atoms with Gasteiger partial charge in [0.2, 0.25) is 0 Å². The number of carbonyl (C=O) groups excluding carboxylic acids is 1. The predicted molar refractivity (Wildman–Crippen MR) is 57.5 cm³/mol. The van der Waals surface area contributed by atoms with E-state index in [4.69, 9.17) is 0 Å². The summed E-state index contributed by atoms with van der Waals surface area (Å²) in [7, 11) is 0. The van der Waals surface area contributed by atoms with Crippen molar-refractivity contribution in [1.82, 2.24) is 4.57 Å². The fraction of sp³-hybridized carbons (Fsp3) is 0.400. The predicted octanol–water partition coefficient (Wildman–Crippen LogP) is 1.21. The molecule has 0 aliphatic heterocycles. The molecule has 6 nitrogen and oxygen atoms in total. The molecular weight excluding hydrogens is 212 g/mol. The lowest BCUT2D eigenvalue weighted by atomic mass is 10.2. The zero-order valence-electron chi connectivity index (χ0n) is 9.26. The molecule has 0 aliphatic carbocycles. The Hall–Kier alpha value is -1.98. The lowest BCUT2D eigenvalue weighted by molar-refractivity contribution is -0.385. The van der Waals surface area contributed by atoms with E-state index in [1.807, 2.05) is 0 Å². The van der Waals surface area contributed by atoms with Gasteiger partial charge < -0.3 is 0 Å². The molecule has 0 bridgehead atoms. The molecule has 0 saturated heterocycles. The van der Waals surface area contributed by atoms with Gasteiger partial charge in [-0.05, 0) is 20.8 Å². The van der Waals surface area contributed by atoms with Crippen LogP contribution in [0.25, 0.3) is 0 Å². The molecule has 86 valence electrons. The molecule has 0 saturated carbocycles. The molecule has 0 aromatic carbocycles. The summed E-state index contributed by atoms with van der Waals surface area (Å²) in [6.45, 7) is 4.36. The lowest BCUT2D eigenvalue weighted by Gasteiger charge is -2.11. The van der Waals surface area contributed by atoms with Crippen LogP contribution in [-0.2, 0) is 4.79 Å². The second kappa shape index (κ2) is 4.26. The summed E-state index contributed by atoms with van der Waals surface area (Å²) in [6, 6.07) is 0.511. The third-order valence-corrected chi connectivity index (χ3v) is 2.42. The van der Waals surface area contributed by atoms with Crippen LogP contribution in [0.3, 0.4) is 0 Å². The molecule has 0 radical (unpaired) electrons. The van der Waals surface area contributed by atoms with Crippen LogP contribution in [0.15, 0.2) is 17.1 Å². The van der Waals surface area contributed by atoms with Crippen molar-refractivity contribution < 1.29 is 9.72 Å². The SMILES string of the molecule is CC(=O)C(C)n1cc([N+](=O)[O-])cc(C)c1=O. The van der Waals surface area contributed by atoms with Gasteiger partial charge in [0.15, 0.2) is 5.78 Å².